The van der Waals surface area contributed by atoms with Crippen molar-refractivity contribution in [2.24, 2.45) is 0 Å². The van der Waals surface area contributed by atoms with Crippen molar-refractivity contribution in [1.29, 1.82) is 0 Å². The number of amides is 1. The summed E-state index contributed by atoms with van der Waals surface area (Å²) in [6, 6.07) is 8.70. The molecule has 1 N–H and O–H groups in total. The van der Waals surface area contributed by atoms with Crippen LogP contribution in [-0.4, -0.2) is 60.7 Å². The molecule has 1 unspecified atom stereocenters. The standard InChI is InChI=1S/C18H27N3OS/c1-23-17-8-4-6-15(12-17)19-18(22)14-20-9-5-7-16(13-20)21-10-2-3-11-21/h4,6,8,12,16H,2-3,5,7,9-11,13-14H2,1H3,(H,19,22). The Bertz CT molecular complexity index is 531. The third-order valence-electron chi connectivity index (χ3n) is 4.86. The van der Waals surface area contributed by atoms with Crippen LogP contribution in [0.15, 0.2) is 29.2 Å². The summed E-state index contributed by atoms with van der Waals surface area (Å²) in [5, 5.41) is 3.04. The van der Waals surface area contributed by atoms with Crippen molar-refractivity contribution in [1.82, 2.24) is 9.80 Å². The molecule has 0 spiro atoms. The van der Waals surface area contributed by atoms with E-state index in [9.17, 15) is 4.79 Å². The Balaban J connectivity index is 1.50. The predicted molar refractivity (Wildman–Crippen MR) is 97.1 cm³/mol. The monoisotopic (exact) mass is 333 g/mol. The number of anilines is 1. The minimum absolute atomic E-state index is 0.102. The molecule has 1 amide bonds. The summed E-state index contributed by atoms with van der Waals surface area (Å²) >= 11 is 1.69. The zero-order valence-corrected chi connectivity index (χ0v) is 14.8. The largest absolute Gasteiger partial charge is 0.325 e. The summed E-state index contributed by atoms with van der Waals surface area (Å²) in [5.41, 5.74) is 0.898. The van der Waals surface area contributed by atoms with Crippen LogP contribution in [0.4, 0.5) is 5.69 Å². The lowest BCUT2D eigenvalue weighted by Crippen LogP contribution is -2.48. The van der Waals surface area contributed by atoms with E-state index in [1.54, 1.807) is 11.8 Å². The molecule has 1 atom stereocenters. The smallest absolute Gasteiger partial charge is 0.238 e. The molecule has 2 saturated heterocycles. The summed E-state index contributed by atoms with van der Waals surface area (Å²) in [6.45, 7) is 5.08. The minimum atomic E-state index is 0.102. The highest BCUT2D eigenvalue weighted by Gasteiger charge is 2.27. The van der Waals surface area contributed by atoms with E-state index in [0.29, 0.717) is 12.6 Å². The van der Waals surface area contributed by atoms with Crippen molar-refractivity contribution < 1.29 is 4.79 Å². The van der Waals surface area contributed by atoms with Gasteiger partial charge in [0.2, 0.25) is 5.91 Å². The summed E-state index contributed by atoms with van der Waals surface area (Å²) < 4.78 is 0. The maximum Gasteiger partial charge on any atom is 0.238 e. The van der Waals surface area contributed by atoms with E-state index in [0.717, 1.165) is 18.8 Å². The van der Waals surface area contributed by atoms with Crippen molar-refractivity contribution in [2.45, 2.75) is 36.6 Å². The fourth-order valence-corrected chi connectivity index (χ4v) is 4.14. The fourth-order valence-electron chi connectivity index (χ4n) is 3.68. The first-order valence-electron chi connectivity index (χ1n) is 8.65. The molecule has 0 radical (unpaired) electrons. The van der Waals surface area contributed by atoms with Crippen LogP contribution in [-0.2, 0) is 4.79 Å². The van der Waals surface area contributed by atoms with Crippen LogP contribution >= 0.6 is 11.8 Å². The Morgan fingerprint density at radius 1 is 1.26 bits per heavy atom. The van der Waals surface area contributed by atoms with Gasteiger partial charge in [0.25, 0.3) is 0 Å². The van der Waals surface area contributed by atoms with Gasteiger partial charge in [0.15, 0.2) is 0 Å². The second-order valence-corrected chi connectivity index (χ2v) is 7.43. The maximum absolute atomic E-state index is 12.3. The number of nitrogens with zero attached hydrogens (tertiary/aromatic N) is 2. The van der Waals surface area contributed by atoms with Gasteiger partial charge in [-0.25, -0.2) is 0 Å². The highest BCUT2D eigenvalue weighted by molar-refractivity contribution is 7.98. The van der Waals surface area contributed by atoms with Crippen molar-refractivity contribution in [3.05, 3.63) is 24.3 Å². The number of hydrogen-bond donors (Lipinski definition) is 1. The first-order chi connectivity index (χ1) is 11.2. The summed E-state index contributed by atoms with van der Waals surface area (Å²) in [4.78, 5) is 18.4. The maximum atomic E-state index is 12.3. The molecule has 2 aliphatic heterocycles. The van der Waals surface area contributed by atoms with Crippen LogP contribution in [0.2, 0.25) is 0 Å². The third-order valence-corrected chi connectivity index (χ3v) is 5.58. The van der Waals surface area contributed by atoms with Gasteiger partial charge >= 0.3 is 0 Å². The predicted octanol–water partition coefficient (Wildman–Crippen LogP) is 2.91. The second kappa shape index (κ2) is 8.18. The van der Waals surface area contributed by atoms with Crippen LogP contribution < -0.4 is 5.32 Å². The normalized spacial score (nSPS) is 23.1. The molecule has 2 fully saturated rings. The second-order valence-electron chi connectivity index (χ2n) is 6.55. The van der Waals surface area contributed by atoms with Gasteiger partial charge in [-0.1, -0.05) is 6.07 Å². The molecule has 0 saturated carbocycles. The van der Waals surface area contributed by atoms with Gasteiger partial charge in [-0.05, 0) is 69.8 Å². The van der Waals surface area contributed by atoms with Crippen LogP contribution in [0.3, 0.4) is 0 Å². The minimum Gasteiger partial charge on any atom is -0.325 e. The Hall–Kier alpha value is -1.04. The topological polar surface area (TPSA) is 35.6 Å². The summed E-state index contributed by atoms with van der Waals surface area (Å²) in [6.07, 6.45) is 7.21. The van der Waals surface area contributed by atoms with E-state index >= 15 is 0 Å². The van der Waals surface area contributed by atoms with Gasteiger partial charge in [-0.2, -0.15) is 0 Å². The van der Waals surface area contributed by atoms with E-state index in [-0.39, 0.29) is 5.91 Å². The quantitative estimate of drug-likeness (QED) is 0.841. The Labute approximate surface area is 143 Å². The molecule has 23 heavy (non-hydrogen) atoms. The number of carbonyl (C=O) groups excluding carboxylic acids is 1. The lowest BCUT2D eigenvalue weighted by atomic mass is 10.0. The van der Waals surface area contributed by atoms with Crippen molar-refractivity contribution in [2.75, 3.05) is 44.3 Å². The fraction of sp³-hybridized carbons (Fsp3) is 0.611. The van der Waals surface area contributed by atoms with Gasteiger partial charge in [-0.15, -0.1) is 11.8 Å². The number of benzene rings is 1. The molecule has 0 aliphatic carbocycles. The average molecular weight is 334 g/mol. The van der Waals surface area contributed by atoms with Gasteiger partial charge in [-0.3, -0.25) is 14.6 Å². The van der Waals surface area contributed by atoms with Crippen molar-refractivity contribution in [3.8, 4) is 0 Å². The highest BCUT2D eigenvalue weighted by Crippen LogP contribution is 2.21. The Morgan fingerprint density at radius 3 is 2.87 bits per heavy atom. The van der Waals surface area contributed by atoms with Crippen molar-refractivity contribution in [3.63, 3.8) is 0 Å². The van der Waals surface area contributed by atoms with Crippen LogP contribution in [0.1, 0.15) is 25.7 Å². The van der Waals surface area contributed by atoms with Gasteiger partial charge in [0, 0.05) is 23.2 Å². The van der Waals surface area contributed by atoms with E-state index in [4.69, 9.17) is 0 Å². The summed E-state index contributed by atoms with van der Waals surface area (Å²) in [5.74, 6) is 0.102. The molecule has 0 bridgehead atoms. The van der Waals surface area contributed by atoms with Gasteiger partial charge in [0.1, 0.15) is 0 Å². The van der Waals surface area contributed by atoms with Gasteiger partial charge < -0.3 is 5.32 Å². The molecular weight excluding hydrogens is 306 g/mol. The first kappa shape index (κ1) is 16.8. The van der Waals surface area contributed by atoms with Crippen LogP contribution in [0, 0.1) is 0 Å². The number of rotatable bonds is 5. The zero-order valence-electron chi connectivity index (χ0n) is 14.0. The molecule has 5 heteroatoms. The number of thioether (sulfide) groups is 1. The lowest BCUT2D eigenvalue weighted by molar-refractivity contribution is -0.117. The van der Waals surface area contributed by atoms with Crippen LogP contribution in [0.25, 0.3) is 0 Å². The highest BCUT2D eigenvalue weighted by atomic mass is 32.2. The molecule has 3 rings (SSSR count). The molecule has 1 aromatic rings. The van der Waals surface area contributed by atoms with E-state index in [1.165, 1.54) is 43.7 Å². The average Bonchev–Trinajstić information content (AvgIpc) is 3.09. The Kier molecular flexibility index (Phi) is 5.97. The van der Waals surface area contributed by atoms with Gasteiger partial charge in [0.05, 0.1) is 6.54 Å². The first-order valence-corrected chi connectivity index (χ1v) is 9.87. The molecule has 0 aromatic heterocycles. The Morgan fingerprint density at radius 2 is 2.09 bits per heavy atom. The third kappa shape index (κ3) is 4.72. The zero-order chi connectivity index (χ0) is 16.1. The summed E-state index contributed by atoms with van der Waals surface area (Å²) in [7, 11) is 0. The molecule has 4 nitrogen and oxygen atoms in total. The SMILES string of the molecule is CSc1cccc(NC(=O)CN2CCCC(N3CCCC3)C2)c1. The van der Waals surface area contributed by atoms with Crippen LogP contribution in [0.5, 0.6) is 0 Å². The molecule has 2 heterocycles. The molecule has 126 valence electrons. The molecule has 2 aliphatic rings. The number of nitrogens with one attached hydrogen (secondary N) is 1. The number of likely N-dealkylation sites (tertiary alicyclic amines) is 2. The van der Waals surface area contributed by atoms with E-state index < -0.39 is 0 Å². The number of hydrogen-bond acceptors (Lipinski definition) is 4. The number of carbonyl (C=O) groups is 1. The van der Waals surface area contributed by atoms with E-state index in [1.807, 2.05) is 24.5 Å². The number of piperidine rings is 1. The molecule has 1 aromatic carbocycles. The van der Waals surface area contributed by atoms with Crippen molar-refractivity contribution >= 4 is 23.4 Å². The molecular formula is C18H27N3OS. The van der Waals surface area contributed by atoms with E-state index in [2.05, 4.69) is 21.2 Å². The lowest BCUT2D eigenvalue weighted by Gasteiger charge is -2.37.